The molecule has 0 spiro atoms. The molecule has 0 saturated carbocycles. The normalized spacial score (nSPS) is 17.0. The maximum atomic E-state index is 12.4. The van der Waals surface area contributed by atoms with E-state index < -0.39 is 0 Å². The number of aryl methyl sites for hydroxylation is 1. The fourth-order valence-electron chi connectivity index (χ4n) is 3.46. The number of benzene rings is 1. The molecule has 7 heteroatoms. The number of halogens is 1. The number of carbonyl (C=O) groups is 1. The number of amides is 1. The minimum Gasteiger partial charge on any atom is -0.298 e. The van der Waals surface area contributed by atoms with E-state index >= 15 is 0 Å². The molecule has 0 unspecified atom stereocenters. The van der Waals surface area contributed by atoms with Gasteiger partial charge in [0.25, 0.3) is 5.91 Å². The maximum Gasteiger partial charge on any atom is 0.257 e. The zero-order valence-electron chi connectivity index (χ0n) is 15.6. The molecule has 3 heterocycles. The molecule has 144 valence electrons. The number of pyridine rings is 1. The zero-order valence-corrected chi connectivity index (χ0v) is 17.1. The van der Waals surface area contributed by atoms with Crippen molar-refractivity contribution in [3.05, 3.63) is 75.5 Å². The molecule has 1 aliphatic heterocycles. The summed E-state index contributed by atoms with van der Waals surface area (Å²) in [5.41, 5.74) is 3.92. The Morgan fingerprint density at radius 3 is 2.86 bits per heavy atom. The van der Waals surface area contributed by atoms with Crippen LogP contribution >= 0.6 is 22.9 Å². The molecule has 1 saturated heterocycles. The van der Waals surface area contributed by atoms with Gasteiger partial charge in [-0.1, -0.05) is 35.4 Å². The van der Waals surface area contributed by atoms with Crippen molar-refractivity contribution < 1.29 is 4.79 Å². The zero-order chi connectivity index (χ0) is 19.5. The van der Waals surface area contributed by atoms with Crippen molar-refractivity contribution >= 4 is 34.0 Å². The number of hydrogen-bond acceptors (Lipinski definition) is 5. The molecule has 1 amide bonds. The van der Waals surface area contributed by atoms with E-state index in [9.17, 15) is 4.79 Å². The van der Waals surface area contributed by atoms with Crippen LogP contribution in [0.15, 0.2) is 48.0 Å². The summed E-state index contributed by atoms with van der Waals surface area (Å²) in [5.74, 6) is -0.128. The number of nitrogens with zero attached hydrogens (tertiary/aromatic N) is 3. The van der Waals surface area contributed by atoms with E-state index in [4.69, 9.17) is 11.6 Å². The predicted molar refractivity (Wildman–Crippen MR) is 113 cm³/mol. The molecule has 0 aliphatic carbocycles. The Hall–Kier alpha value is -2.28. The molecule has 1 atom stereocenters. The smallest absolute Gasteiger partial charge is 0.257 e. The Bertz CT molecular complexity index is 955. The van der Waals surface area contributed by atoms with Crippen LogP contribution in [0.25, 0.3) is 0 Å². The predicted octanol–water partition coefficient (Wildman–Crippen LogP) is 5.09. The summed E-state index contributed by atoms with van der Waals surface area (Å²) in [7, 11) is 0. The van der Waals surface area contributed by atoms with E-state index in [-0.39, 0.29) is 11.9 Å². The second-order valence-corrected chi connectivity index (χ2v) is 8.26. The van der Waals surface area contributed by atoms with Crippen LogP contribution in [0.1, 0.15) is 46.1 Å². The Labute approximate surface area is 173 Å². The summed E-state index contributed by atoms with van der Waals surface area (Å²) in [6.45, 7) is 3.84. The number of rotatable bonds is 5. The highest BCUT2D eigenvalue weighted by atomic mass is 35.5. The molecule has 2 aromatic heterocycles. The number of anilines is 1. The molecule has 1 aliphatic rings. The average Bonchev–Trinajstić information content (AvgIpc) is 3.33. The Balaban J connectivity index is 1.43. The topological polar surface area (TPSA) is 58.1 Å². The molecule has 1 aromatic carbocycles. The Morgan fingerprint density at radius 2 is 2.11 bits per heavy atom. The van der Waals surface area contributed by atoms with Gasteiger partial charge in [0.15, 0.2) is 5.13 Å². The largest absolute Gasteiger partial charge is 0.298 e. The summed E-state index contributed by atoms with van der Waals surface area (Å²) in [6.07, 6.45) is 4.02. The molecular formula is C21H21ClN4OS. The van der Waals surface area contributed by atoms with Gasteiger partial charge in [-0.05, 0) is 50.1 Å². The van der Waals surface area contributed by atoms with Gasteiger partial charge in [-0.15, -0.1) is 11.3 Å². The molecular weight excluding hydrogens is 392 g/mol. The van der Waals surface area contributed by atoms with E-state index in [1.165, 1.54) is 11.3 Å². The number of hydrogen-bond donors (Lipinski definition) is 1. The van der Waals surface area contributed by atoms with E-state index in [0.29, 0.717) is 15.8 Å². The summed E-state index contributed by atoms with van der Waals surface area (Å²) >= 11 is 7.35. The van der Waals surface area contributed by atoms with Crippen LogP contribution in [0.2, 0.25) is 5.15 Å². The first-order chi connectivity index (χ1) is 13.6. The molecule has 1 fully saturated rings. The van der Waals surface area contributed by atoms with Crippen LogP contribution in [0.4, 0.5) is 5.13 Å². The first-order valence-corrected chi connectivity index (χ1v) is 10.5. The Morgan fingerprint density at radius 1 is 1.29 bits per heavy atom. The average molecular weight is 413 g/mol. The van der Waals surface area contributed by atoms with Crippen LogP contribution in [0.5, 0.6) is 0 Å². The minimum atomic E-state index is -0.128. The van der Waals surface area contributed by atoms with Gasteiger partial charge >= 0.3 is 0 Å². The van der Waals surface area contributed by atoms with E-state index in [2.05, 4.69) is 20.2 Å². The van der Waals surface area contributed by atoms with Crippen molar-refractivity contribution in [2.45, 2.75) is 32.4 Å². The standard InChI is InChI=1S/C21H21ClN4OS/c1-14-4-7-16(8-5-14)20(27)25-21-24-17(13-28-21)18-3-2-10-26(18)12-15-6-9-19(22)23-11-15/h4-9,11,13,18H,2-3,10,12H2,1H3,(H,24,25,27)/t18-/m0/s1. The van der Waals surface area contributed by atoms with Crippen LogP contribution in [-0.4, -0.2) is 27.3 Å². The highest BCUT2D eigenvalue weighted by Crippen LogP contribution is 2.34. The lowest BCUT2D eigenvalue weighted by Crippen LogP contribution is -2.23. The first-order valence-electron chi connectivity index (χ1n) is 9.26. The minimum absolute atomic E-state index is 0.128. The van der Waals surface area contributed by atoms with Crippen LogP contribution in [0.3, 0.4) is 0 Å². The molecule has 28 heavy (non-hydrogen) atoms. The third-order valence-electron chi connectivity index (χ3n) is 4.94. The summed E-state index contributed by atoms with van der Waals surface area (Å²) in [6, 6.07) is 11.6. The highest BCUT2D eigenvalue weighted by molar-refractivity contribution is 7.14. The summed E-state index contributed by atoms with van der Waals surface area (Å²) in [4.78, 5) is 23.7. The molecule has 0 bridgehead atoms. The molecule has 4 rings (SSSR count). The molecule has 3 aromatic rings. The van der Waals surface area contributed by atoms with Gasteiger partial charge in [0.1, 0.15) is 5.15 Å². The second-order valence-electron chi connectivity index (χ2n) is 7.02. The van der Waals surface area contributed by atoms with Crippen molar-refractivity contribution in [1.82, 2.24) is 14.9 Å². The van der Waals surface area contributed by atoms with Gasteiger partial charge in [0, 0.05) is 23.7 Å². The van der Waals surface area contributed by atoms with Crippen molar-refractivity contribution in [2.24, 2.45) is 0 Å². The van der Waals surface area contributed by atoms with Crippen molar-refractivity contribution in [3.8, 4) is 0 Å². The SMILES string of the molecule is Cc1ccc(C(=O)Nc2nc([C@@H]3CCCN3Cc3ccc(Cl)nc3)cs2)cc1. The number of nitrogens with one attached hydrogen (secondary N) is 1. The van der Waals surface area contributed by atoms with Gasteiger partial charge in [0.2, 0.25) is 0 Å². The third kappa shape index (κ3) is 4.41. The molecule has 0 radical (unpaired) electrons. The van der Waals surface area contributed by atoms with Crippen LogP contribution in [0, 0.1) is 6.92 Å². The lowest BCUT2D eigenvalue weighted by Gasteiger charge is -2.22. The third-order valence-corrected chi connectivity index (χ3v) is 5.94. The van der Waals surface area contributed by atoms with Crippen LogP contribution in [-0.2, 0) is 6.54 Å². The van der Waals surface area contributed by atoms with E-state index in [0.717, 1.165) is 42.8 Å². The van der Waals surface area contributed by atoms with Crippen molar-refractivity contribution in [2.75, 3.05) is 11.9 Å². The quantitative estimate of drug-likeness (QED) is 0.593. The number of likely N-dealkylation sites (tertiary alicyclic amines) is 1. The van der Waals surface area contributed by atoms with Crippen molar-refractivity contribution in [1.29, 1.82) is 0 Å². The van der Waals surface area contributed by atoms with Gasteiger partial charge in [-0.25, -0.2) is 9.97 Å². The van der Waals surface area contributed by atoms with Crippen molar-refractivity contribution in [3.63, 3.8) is 0 Å². The van der Waals surface area contributed by atoms with Crippen LogP contribution < -0.4 is 5.32 Å². The van der Waals surface area contributed by atoms with Gasteiger partial charge in [-0.3, -0.25) is 15.0 Å². The van der Waals surface area contributed by atoms with Gasteiger partial charge in [-0.2, -0.15) is 0 Å². The van der Waals surface area contributed by atoms with Gasteiger partial charge in [0.05, 0.1) is 11.7 Å². The maximum absolute atomic E-state index is 12.4. The monoisotopic (exact) mass is 412 g/mol. The first kappa shape index (κ1) is 19.1. The summed E-state index contributed by atoms with van der Waals surface area (Å²) in [5, 5.41) is 6.12. The molecule has 5 nitrogen and oxygen atoms in total. The second kappa shape index (κ2) is 8.39. The fraction of sp³-hybridized carbons (Fsp3) is 0.286. The van der Waals surface area contributed by atoms with E-state index in [1.807, 2.05) is 54.9 Å². The summed E-state index contributed by atoms with van der Waals surface area (Å²) < 4.78 is 0. The molecule has 1 N–H and O–H groups in total. The number of thiazole rings is 1. The van der Waals surface area contributed by atoms with E-state index in [1.54, 1.807) is 0 Å². The number of aromatic nitrogens is 2. The Kier molecular flexibility index (Phi) is 5.71. The lowest BCUT2D eigenvalue weighted by molar-refractivity contribution is 0.102. The fourth-order valence-corrected chi connectivity index (χ4v) is 4.32. The van der Waals surface area contributed by atoms with Gasteiger partial charge < -0.3 is 0 Å². The highest BCUT2D eigenvalue weighted by Gasteiger charge is 2.28. The number of carbonyl (C=O) groups excluding carboxylic acids is 1. The lowest BCUT2D eigenvalue weighted by atomic mass is 10.1.